The summed E-state index contributed by atoms with van der Waals surface area (Å²) in [5.41, 5.74) is 1.04. The van der Waals surface area contributed by atoms with Gasteiger partial charge >= 0.3 is 0 Å². The predicted octanol–water partition coefficient (Wildman–Crippen LogP) is 1.43. The van der Waals surface area contributed by atoms with E-state index in [-0.39, 0.29) is 24.0 Å². The monoisotopic (exact) mass is 359 g/mol. The first-order chi connectivity index (χ1) is 12.6. The summed E-state index contributed by atoms with van der Waals surface area (Å²) in [7, 11) is 0. The number of hydrogen-bond donors (Lipinski definition) is 1. The van der Waals surface area contributed by atoms with Gasteiger partial charge in [0.2, 0.25) is 5.91 Å². The number of amides is 2. The number of hydrogen-bond acceptors (Lipinski definition) is 6. The van der Waals surface area contributed by atoms with Crippen LogP contribution >= 0.6 is 0 Å². The smallest absolute Gasteiger partial charge is 0.259 e. The van der Waals surface area contributed by atoms with E-state index in [1.807, 2.05) is 0 Å². The summed E-state index contributed by atoms with van der Waals surface area (Å²) in [4.78, 5) is 27.4. The van der Waals surface area contributed by atoms with Gasteiger partial charge in [-0.2, -0.15) is 0 Å². The number of likely N-dealkylation sites (tertiary alicyclic amines) is 1. The van der Waals surface area contributed by atoms with E-state index in [4.69, 9.17) is 13.7 Å². The molecule has 2 amide bonds. The van der Waals surface area contributed by atoms with Gasteiger partial charge < -0.3 is 23.9 Å². The molecule has 0 spiro atoms. The fourth-order valence-electron chi connectivity index (χ4n) is 3.88. The first-order valence-electron chi connectivity index (χ1n) is 8.72. The highest BCUT2D eigenvalue weighted by Gasteiger charge is 2.51. The van der Waals surface area contributed by atoms with Crippen LogP contribution in [0.3, 0.4) is 0 Å². The Morgan fingerprint density at radius 3 is 2.92 bits per heavy atom. The number of aryl methyl sites for hydroxylation is 2. The van der Waals surface area contributed by atoms with Crippen molar-refractivity contribution in [2.24, 2.45) is 5.92 Å². The zero-order valence-electron chi connectivity index (χ0n) is 14.7. The first kappa shape index (κ1) is 16.8. The molecular formula is C18H21N3O5. The summed E-state index contributed by atoms with van der Waals surface area (Å²) in [6.07, 6.45) is 2.01. The van der Waals surface area contributed by atoms with Gasteiger partial charge in [-0.05, 0) is 32.4 Å². The summed E-state index contributed by atoms with van der Waals surface area (Å²) in [6.45, 7) is 4.65. The van der Waals surface area contributed by atoms with Gasteiger partial charge in [-0.25, -0.2) is 0 Å². The molecule has 0 aliphatic carbocycles. The molecule has 2 aliphatic heterocycles. The zero-order valence-corrected chi connectivity index (χ0v) is 14.7. The fraction of sp³-hybridized carbons (Fsp3) is 0.500. The second kappa shape index (κ2) is 6.60. The fourth-order valence-corrected chi connectivity index (χ4v) is 3.88. The van der Waals surface area contributed by atoms with Crippen LogP contribution in [0.2, 0.25) is 0 Å². The van der Waals surface area contributed by atoms with Crippen LogP contribution in [-0.2, 0) is 16.1 Å². The lowest BCUT2D eigenvalue weighted by molar-refractivity contribution is -0.127. The Morgan fingerprint density at radius 2 is 2.23 bits per heavy atom. The van der Waals surface area contributed by atoms with E-state index in [1.165, 1.54) is 0 Å². The summed E-state index contributed by atoms with van der Waals surface area (Å²) >= 11 is 0. The van der Waals surface area contributed by atoms with Gasteiger partial charge in [0.05, 0.1) is 36.6 Å². The summed E-state index contributed by atoms with van der Waals surface area (Å²) in [5, 5.41) is 6.74. The molecule has 2 saturated heterocycles. The van der Waals surface area contributed by atoms with E-state index in [1.54, 1.807) is 37.1 Å². The van der Waals surface area contributed by atoms with Gasteiger partial charge in [0.1, 0.15) is 17.1 Å². The Bertz CT molecular complexity index is 793. The second-order valence-electron chi connectivity index (χ2n) is 6.75. The number of furan rings is 1. The Kier molecular flexibility index (Phi) is 4.28. The molecule has 2 aromatic rings. The molecule has 2 aromatic heterocycles. The van der Waals surface area contributed by atoms with Gasteiger partial charge in [-0.15, -0.1) is 0 Å². The highest BCUT2D eigenvalue weighted by molar-refractivity contribution is 5.97. The molecule has 0 saturated carbocycles. The normalized spacial score (nSPS) is 24.7. The van der Waals surface area contributed by atoms with E-state index < -0.39 is 5.92 Å². The van der Waals surface area contributed by atoms with Crippen LogP contribution in [0.5, 0.6) is 0 Å². The molecule has 26 heavy (non-hydrogen) atoms. The van der Waals surface area contributed by atoms with E-state index >= 15 is 0 Å². The molecule has 1 N–H and O–H groups in total. The summed E-state index contributed by atoms with van der Waals surface area (Å²) in [5.74, 6) is 0.495. The van der Waals surface area contributed by atoms with Crippen LogP contribution in [0.25, 0.3) is 0 Å². The quantitative estimate of drug-likeness (QED) is 0.887. The number of nitrogens with zero attached hydrogens (tertiary/aromatic N) is 2. The Hall–Kier alpha value is -2.61. The molecule has 4 rings (SSSR count). The molecule has 2 aliphatic rings. The van der Waals surface area contributed by atoms with Crippen molar-refractivity contribution in [1.82, 2.24) is 15.4 Å². The number of ether oxygens (including phenoxy) is 1. The zero-order chi connectivity index (χ0) is 18.3. The van der Waals surface area contributed by atoms with E-state index in [0.717, 1.165) is 6.42 Å². The third-order valence-corrected chi connectivity index (χ3v) is 5.16. The average Bonchev–Trinajstić information content (AvgIpc) is 3.37. The molecule has 0 radical (unpaired) electrons. The third-order valence-electron chi connectivity index (χ3n) is 5.16. The maximum Gasteiger partial charge on any atom is 0.259 e. The van der Waals surface area contributed by atoms with Crippen LogP contribution in [0.1, 0.15) is 34.0 Å². The van der Waals surface area contributed by atoms with Gasteiger partial charge in [0.25, 0.3) is 5.91 Å². The molecule has 0 bridgehead atoms. The van der Waals surface area contributed by atoms with Crippen molar-refractivity contribution in [2.75, 3.05) is 13.2 Å². The Balaban J connectivity index is 1.50. The molecule has 4 heterocycles. The maximum absolute atomic E-state index is 13.0. The lowest BCUT2D eigenvalue weighted by Gasteiger charge is -2.22. The number of aromatic nitrogens is 1. The highest BCUT2D eigenvalue weighted by atomic mass is 16.5. The van der Waals surface area contributed by atoms with Crippen LogP contribution in [0.15, 0.2) is 27.3 Å². The molecule has 0 unspecified atom stereocenters. The van der Waals surface area contributed by atoms with Crippen LogP contribution < -0.4 is 5.32 Å². The highest BCUT2D eigenvalue weighted by Crippen LogP contribution is 2.35. The lowest BCUT2D eigenvalue weighted by atomic mass is 10.0. The number of carbonyl (C=O) groups is 2. The van der Waals surface area contributed by atoms with Crippen molar-refractivity contribution < 1.29 is 23.3 Å². The van der Waals surface area contributed by atoms with Gasteiger partial charge in [0, 0.05) is 13.2 Å². The van der Waals surface area contributed by atoms with E-state index in [9.17, 15) is 9.59 Å². The molecule has 8 nitrogen and oxygen atoms in total. The number of nitrogens with one attached hydrogen (secondary N) is 1. The van der Waals surface area contributed by atoms with Crippen molar-refractivity contribution >= 4 is 11.8 Å². The van der Waals surface area contributed by atoms with Crippen molar-refractivity contribution in [3.05, 3.63) is 41.2 Å². The standard InChI is InChI=1S/C18H21N3O5/c1-10-15(11(2)26-20-10)18(23)21-9-13(16-14(21)5-7-25-16)17(22)19-8-12-4-3-6-24-12/h3-4,6,13-14,16H,5,7-9H2,1-2H3,(H,19,22)/t13-,14+,16-/m0/s1. The van der Waals surface area contributed by atoms with Crippen LogP contribution in [-0.4, -0.2) is 47.2 Å². The Morgan fingerprint density at radius 1 is 1.38 bits per heavy atom. The first-order valence-corrected chi connectivity index (χ1v) is 8.72. The topological polar surface area (TPSA) is 97.8 Å². The molecule has 0 aromatic carbocycles. The number of rotatable bonds is 4. The van der Waals surface area contributed by atoms with Gasteiger partial charge in [-0.3, -0.25) is 9.59 Å². The summed E-state index contributed by atoms with van der Waals surface area (Å²) in [6, 6.07) is 3.48. The molecule has 8 heteroatoms. The number of fused-ring (bicyclic) bond motifs is 1. The van der Waals surface area contributed by atoms with Crippen molar-refractivity contribution in [3.63, 3.8) is 0 Å². The third kappa shape index (κ3) is 2.80. The number of carbonyl (C=O) groups excluding carboxylic acids is 2. The van der Waals surface area contributed by atoms with Gasteiger partial charge in [-0.1, -0.05) is 5.16 Å². The Labute approximate surface area is 150 Å². The second-order valence-corrected chi connectivity index (χ2v) is 6.75. The lowest BCUT2D eigenvalue weighted by Crippen LogP contribution is -2.37. The van der Waals surface area contributed by atoms with Gasteiger partial charge in [0.15, 0.2) is 0 Å². The molecular weight excluding hydrogens is 338 g/mol. The van der Waals surface area contributed by atoms with Crippen LogP contribution in [0, 0.1) is 19.8 Å². The van der Waals surface area contributed by atoms with E-state index in [2.05, 4.69) is 10.5 Å². The van der Waals surface area contributed by atoms with Crippen molar-refractivity contribution in [2.45, 2.75) is 39.0 Å². The molecule has 138 valence electrons. The van der Waals surface area contributed by atoms with Crippen molar-refractivity contribution in [1.29, 1.82) is 0 Å². The van der Waals surface area contributed by atoms with Crippen molar-refractivity contribution in [3.8, 4) is 0 Å². The summed E-state index contributed by atoms with van der Waals surface area (Å²) < 4.78 is 16.2. The minimum Gasteiger partial charge on any atom is -0.467 e. The SMILES string of the molecule is Cc1noc(C)c1C(=O)N1C[C@H](C(=O)NCc2ccco2)[C@@H]2OCC[C@H]21. The van der Waals surface area contributed by atoms with E-state index in [0.29, 0.717) is 42.5 Å². The molecule has 2 fully saturated rings. The predicted molar refractivity (Wildman–Crippen MR) is 89.2 cm³/mol. The minimum absolute atomic E-state index is 0.101. The minimum atomic E-state index is -0.401. The largest absolute Gasteiger partial charge is 0.467 e. The van der Waals surface area contributed by atoms with Crippen LogP contribution in [0.4, 0.5) is 0 Å². The molecule has 3 atom stereocenters. The average molecular weight is 359 g/mol. The maximum atomic E-state index is 13.0.